The molecule has 0 atom stereocenters. The molecular formula is C15H27NO3S. The van der Waals surface area contributed by atoms with Crippen molar-refractivity contribution in [2.24, 2.45) is 5.92 Å². The van der Waals surface area contributed by atoms with Crippen molar-refractivity contribution in [3.05, 3.63) is 0 Å². The van der Waals surface area contributed by atoms with Crippen molar-refractivity contribution in [2.75, 3.05) is 19.3 Å². The zero-order chi connectivity index (χ0) is 14.6. The molecule has 0 radical (unpaired) electrons. The maximum absolute atomic E-state index is 12.2. The van der Waals surface area contributed by atoms with Crippen LogP contribution >= 0.6 is 0 Å². The molecule has 2 fully saturated rings. The minimum atomic E-state index is -2.94. The summed E-state index contributed by atoms with van der Waals surface area (Å²) in [6.45, 7) is 1.22. The van der Waals surface area contributed by atoms with Crippen LogP contribution in [-0.4, -0.2) is 43.8 Å². The van der Waals surface area contributed by atoms with Gasteiger partial charge in [-0.2, -0.15) is 0 Å². The molecule has 1 amide bonds. The molecule has 1 aliphatic carbocycles. The molecule has 1 saturated heterocycles. The smallest absolute Gasteiger partial charge is 0.222 e. The van der Waals surface area contributed by atoms with E-state index >= 15 is 0 Å². The quantitative estimate of drug-likeness (QED) is 0.801. The van der Waals surface area contributed by atoms with Crippen LogP contribution < -0.4 is 0 Å². The fourth-order valence-corrected chi connectivity index (χ4v) is 4.56. The number of hydrogen-bond donors (Lipinski definition) is 0. The van der Waals surface area contributed by atoms with Crippen molar-refractivity contribution in [1.29, 1.82) is 0 Å². The monoisotopic (exact) mass is 301 g/mol. The summed E-state index contributed by atoms with van der Waals surface area (Å²) < 4.78 is 23.0. The Balaban J connectivity index is 1.71. The summed E-state index contributed by atoms with van der Waals surface area (Å²) in [4.78, 5) is 14.0. The lowest BCUT2D eigenvalue weighted by molar-refractivity contribution is -0.132. The summed E-state index contributed by atoms with van der Waals surface area (Å²) in [5.41, 5.74) is 0. The third kappa shape index (κ3) is 4.47. The Morgan fingerprint density at radius 3 is 2.20 bits per heavy atom. The first-order valence-corrected chi connectivity index (χ1v) is 9.89. The maximum atomic E-state index is 12.2. The Kier molecular flexibility index (Phi) is 5.47. The lowest BCUT2D eigenvalue weighted by Gasteiger charge is -2.31. The Morgan fingerprint density at radius 2 is 1.65 bits per heavy atom. The van der Waals surface area contributed by atoms with Crippen LogP contribution in [-0.2, 0) is 14.6 Å². The summed E-state index contributed by atoms with van der Waals surface area (Å²) in [6, 6.07) is 0. The molecule has 1 heterocycles. The van der Waals surface area contributed by atoms with E-state index < -0.39 is 9.84 Å². The highest BCUT2D eigenvalue weighted by Crippen LogP contribution is 2.28. The van der Waals surface area contributed by atoms with E-state index in [1.807, 2.05) is 4.90 Å². The van der Waals surface area contributed by atoms with Gasteiger partial charge in [0.15, 0.2) is 0 Å². The summed E-state index contributed by atoms with van der Waals surface area (Å²) in [5, 5.41) is -0.245. The SMILES string of the molecule is CS(=O)(=O)C1CCN(C(=O)CCC2CCCCC2)CC1. The molecule has 2 rings (SSSR count). The molecule has 0 bridgehead atoms. The third-order valence-corrected chi connectivity index (χ3v) is 6.57. The van der Waals surface area contributed by atoms with Crippen LogP contribution in [0.1, 0.15) is 57.8 Å². The summed E-state index contributed by atoms with van der Waals surface area (Å²) >= 11 is 0. The molecule has 1 saturated carbocycles. The van der Waals surface area contributed by atoms with Crippen LogP contribution in [0.5, 0.6) is 0 Å². The first-order chi connectivity index (χ1) is 9.47. The van der Waals surface area contributed by atoms with E-state index in [1.165, 1.54) is 38.4 Å². The standard InChI is InChI=1S/C15H27NO3S/c1-20(18,19)14-9-11-16(12-10-14)15(17)8-7-13-5-3-2-4-6-13/h13-14H,2-12H2,1H3. The van der Waals surface area contributed by atoms with Crippen LogP contribution in [0, 0.1) is 5.92 Å². The lowest BCUT2D eigenvalue weighted by Crippen LogP contribution is -2.42. The predicted molar refractivity (Wildman–Crippen MR) is 80.3 cm³/mol. The largest absolute Gasteiger partial charge is 0.343 e. The fourth-order valence-electron chi connectivity index (χ4n) is 3.49. The minimum Gasteiger partial charge on any atom is -0.343 e. The zero-order valence-corrected chi connectivity index (χ0v) is 13.3. The Labute approximate surface area is 122 Å². The van der Waals surface area contributed by atoms with Crippen LogP contribution in [0.3, 0.4) is 0 Å². The average molecular weight is 301 g/mol. The molecule has 0 aromatic carbocycles. The van der Waals surface area contributed by atoms with Gasteiger partial charge in [-0.25, -0.2) is 8.42 Å². The van der Waals surface area contributed by atoms with Crippen molar-refractivity contribution in [3.8, 4) is 0 Å². The van der Waals surface area contributed by atoms with Gasteiger partial charge in [-0.15, -0.1) is 0 Å². The minimum absolute atomic E-state index is 0.225. The van der Waals surface area contributed by atoms with Crippen LogP contribution in [0.4, 0.5) is 0 Å². The molecule has 116 valence electrons. The number of piperidine rings is 1. The van der Waals surface area contributed by atoms with Gasteiger partial charge in [0, 0.05) is 25.8 Å². The summed E-state index contributed by atoms with van der Waals surface area (Å²) in [6.07, 6.45) is 10.7. The molecule has 0 spiro atoms. The second-order valence-corrected chi connectivity index (χ2v) is 8.78. The lowest BCUT2D eigenvalue weighted by atomic mass is 9.86. The molecule has 4 nitrogen and oxygen atoms in total. The zero-order valence-electron chi connectivity index (χ0n) is 12.5. The average Bonchev–Trinajstić information content (AvgIpc) is 2.45. The van der Waals surface area contributed by atoms with Gasteiger partial charge in [0.1, 0.15) is 9.84 Å². The van der Waals surface area contributed by atoms with Gasteiger partial charge in [0.2, 0.25) is 5.91 Å². The van der Waals surface area contributed by atoms with Crippen molar-refractivity contribution in [1.82, 2.24) is 4.90 Å². The number of amides is 1. The number of rotatable bonds is 4. The maximum Gasteiger partial charge on any atom is 0.222 e. The van der Waals surface area contributed by atoms with E-state index in [2.05, 4.69) is 0 Å². The highest BCUT2D eigenvalue weighted by atomic mass is 32.2. The van der Waals surface area contributed by atoms with E-state index in [0.717, 1.165) is 12.3 Å². The number of nitrogens with zero attached hydrogens (tertiary/aromatic N) is 1. The van der Waals surface area contributed by atoms with Crippen molar-refractivity contribution in [2.45, 2.75) is 63.0 Å². The second kappa shape index (κ2) is 6.92. The first kappa shape index (κ1) is 15.8. The molecular weight excluding hydrogens is 274 g/mol. The Morgan fingerprint density at radius 1 is 1.05 bits per heavy atom. The van der Waals surface area contributed by atoms with Gasteiger partial charge in [-0.05, 0) is 25.2 Å². The topological polar surface area (TPSA) is 54.5 Å². The fraction of sp³-hybridized carbons (Fsp3) is 0.933. The predicted octanol–water partition coefficient (Wildman–Crippen LogP) is 2.38. The van der Waals surface area contributed by atoms with Crippen LogP contribution in [0.2, 0.25) is 0 Å². The van der Waals surface area contributed by atoms with Gasteiger partial charge in [-0.1, -0.05) is 32.1 Å². The van der Waals surface area contributed by atoms with Gasteiger partial charge >= 0.3 is 0 Å². The molecule has 2 aliphatic rings. The third-order valence-electron chi connectivity index (χ3n) is 4.89. The molecule has 1 aliphatic heterocycles. The number of sulfone groups is 1. The van der Waals surface area contributed by atoms with Crippen molar-refractivity contribution >= 4 is 15.7 Å². The van der Waals surface area contributed by atoms with Crippen molar-refractivity contribution < 1.29 is 13.2 Å². The molecule has 0 aromatic rings. The van der Waals surface area contributed by atoms with Gasteiger partial charge in [0.25, 0.3) is 0 Å². The van der Waals surface area contributed by atoms with E-state index in [0.29, 0.717) is 32.4 Å². The van der Waals surface area contributed by atoms with Crippen molar-refractivity contribution in [3.63, 3.8) is 0 Å². The van der Waals surface area contributed by atoms with E-state index in [-0.39, 0.29) is 11.2 Å². The molecule has 0 unspecified atom stereocenters. The summed E-state index contributed by atoms with van der Waals surface area (Å²) in [7, 11) is -2.94. The van der Waals surface area contributed by atoms with E-state index in [4.69, 9.17) is 0 Å². The number of carbonyl (C=O) groups is 1. The highest BCUT2D eigenvalue weighted by molar-refractivity contribution is 7.91. The highest BCUT2D eigenvalue weighted by Gasteiger charge is 2.28. The number of hydrogen-bond acceptors (Lipinski definition) is 3. The normalized spacial score (nSPS) is 22.9. The van der Waals surface area contributed by atoms with Gasteiger partial charge < -0.3 is 4.90 Å². The van der Waals surface area contributed by atoms with E-state index in [1.54, 1.807) is 0 Å². The number of carbonyl (C=O) groups excluding carboxylic acids is 1. The Hall–Kier alpha value is -0.580. The molecule has 5 heteroatoms. The molecule has 0 aromatic heterocycles. The van der Waals surface area contributed by atoms with Crippen LogP contribution in [0.25, 0.3) is 0 Å². The first-order valence-electron chi connectivity index (χ1n) is 7.93. The van der Waals surface area contributed by atoms with Crippen LogP contribution in [0.15, 0.2) is 0 Å². The van der Waals surface area contributed by atoms with E-state index in [9.17, 15) is 13.2 Å². The second-order valence-electron chi connectivity index (χ2n) is 6.45. The Bertz CT molecular complexity index is 418. The number of likely N-dealkylation sites (tertiary alicyclic amines) is 1. The van der Waals surface area contributed by atoms with Gasteiger partial charge in [0.05, 0.1) is 5.25 Å². The van der Waals surface area contributed by atoms with Gasteiger partial charge in [-0.3, -0.25) is 4.79 Å². The molecule has 0 N–H and O–H groups in total. The molecule has 20 heavy (non-hydrogen) atoms. The summed E-state index contributed by atoms with van der Waals surface area (Å²) in [5.74, 6) is 0.962.